The molecule has 2 heteroatoms. The molecule has 1 rings (SSSR count). The van der Waals surface area contributed by atoms with E-state index in [0.29, 0.717) is 0 Å². The Hall–Kier alpha value is -1.49. The lowest BCUT2D eigenvalue weighted by Crippen LogP contribution is -2.26. The number of nitrogens with zero attached hydrogens (tertiary/aromatic N) is 2. The van der Waals surface area contributed by atoms with Crippen LogP contribution in [0.3, 0.4) is 0 Å². The molecule has 43 heavy (non-hydrogen) atoms. The summed E-state index contributed by atoms with van der Waals surface area (Å²) in [6.45, 7) is 6.78. The number of para-hydroxylation sites is 1. The molecular weight excluding hydrogens is 520 g/mol. The Morgan fingerprint density at radius 3 is 1.00 bits per heavy atom. The minimum Gasteiger partial charge on any atom is -0.370 e. The Morgan fingerprint density at radius 2 is 0.698 bits per heavy atom. The molecule has 0 N–H and O–H groups in total. The molecule has 0 saturated carbocycles. The summed E-state index contributed by atoms with van der Waals surface area (Å²) in [5.41, 5.74) is 1.99. The van der Waals surface area contributed by atoms with E-state index in [1.54, 1.807) is 0 Å². The van der Waals surface area contributed by atoms with Crippen LogP contribution in [0.4, 0.5) is 5.69 Å². The largest absolute Gasteiger partial charge is 0.370 e. The van der Waals surface area contributed by atoms with E-state index < -0.39 is 0 Å². The van der Waals surface area contributed by atoms with Gasteiger partial charge in [0.2, 0.25) is 0 Å². The lowest BCUT2D eigenvalue weighted by molar-refractivity contribution is 0.526. The van der Waals surface area contributed by atoms with Gasteiger partial charge in [-0.05, 0) is 25.0 Å². The van der Waals surface area contributed by atoms with Crippen LogP contribution in [-0.2, 0) is 0 Å². The summed E-state index contributed by atoms with van der Waals surface area (Å²) in [4.78, 5) is 2.52. The van der Waals surface area contributed by atoms with Crippen LogP contribution in [0.15, 0.2) is 24.3 Å². The number of benzene rings is 1. The minimum absolute atomic E-state index is 0.837. The quantitative estimate of drug-likeness (QED) is 0.0757. The van der Waals surface area contributed by atoms with Crippen LogP contribution < -0.4 is 4.90 Å². The van der Waals surface area contributed by atoms with Crippen LogP contribution in [0.5, 0.6) is 0 Å². The van der Waals surface area contributed by atoms with Crippen LogP contribution in [0.1, 0.15) is 212 Å². The first-order chi connectivity index (χ1) is 21.3. The molecule has 0 unspecified atom stereocenters. The van der Waals surface area contributed by atoms with Gasteiger partial charge in [0.1, 0.15) is 6.07 Å². The molecule has 0 fully saturated rings. The molecule has 0 atom stereocenters. The third-order valence-corrected chi connectivity index (χ3v) is 9.43. The molecule has 248 valence electrons. The highest BCUT2D eigenvalue weighted by Crippen LogP contribution is 2.22. The smallest absolute Gasteiger partial charge is 0.101 e. The number of anilines is 1. The Balaban J connectivity index is 2.10. The average molecular weight is 595 g/mol. The normalized spacial score (nSPS) is 11.2. The molecule has 0 saturated heterocycles. The maximum atomic E-state index is 9.70. The lowest BCUT2D eigenvalue weighted by atomic mass is 10.0. The summed E-state index contributed by atoms with van der Waals surface area (Å²) < 4.78 is 0. The van der Waals surface area contributed by atoms with Crippen molar-refractivity contribution in [3.05, 3.63) is 29.8 Å². The first kappa shape index (κ1) is 39.5. The molecule has 0 aliphatic rings. The minimum atomic E-state index is 0.837. The summed E-state index contributed by atoms with van der Waals surface area (Å²) in [5, 5.41) is 9.70. The molecule has 0 aliphatic heterocycles. The predicted molar refractivity (Wildman–Crippen MR) is 193 cm³/mol. The van der Waals surface area contributed by atoms with Gasteiger partial charge in [-0.25, -0.2) is 0 Å². The first-order valence-electron chi connectivity index (χ1n) is 19.6. The van der Waals surface area contributed by atoms with Gasteiger partial charge in [0.15, 0.2) is 0 Å². The molecule has 0 spiro atoms. The topological polar surface area (TPSA) is 27.0 Å². The Bertz CT molecular complexity index is 701. The second-order valence-corrected chi connectivity index (χ2v) is 13.5. The van der Waals surface area contributed by atoms with E-state index >= 15 is 0 Å². The highest BCUT2D eigenvalue weighted by Gasteiger charge is 2.10. The van der Waals surface area contributed by atoms with Crippen molar-refractivity contribution < 1.29 is 0 Å². The zero-order chi connectivity index (χ0) is 30.9. The van der Waals surface area contributed by atoms with Crippen LogP contribution in [0.25, 0.3) is 0 Å². The Kier molecular flexibility index (Phi) is 29.3. The van der Waals surface area contributed by atoms with E-state index in [1.165, 1.54) is 193 Å². The summed E-state index contributed by atoms with van der Waals surface area (Å²) in [7, 11) is 0. The second kappa shape index (κ2) is 31.9. The molecule has 0 radical (unpaired) electrons. The van der Waals surface area contributed by atoms with Crippen molar-refractivity contribution in [1.29, 1.82) is 5.26 Å². The molecule has 0 amide bonds. The van der Waals surface area contributed by atoms with E-state index in [-0.39, 0.29) is 0 Å². The highest BCUT2D eigenvalue weighted by molar-refractivity contribution is 5.59. The molecule has 1 aromatic carbocycles. The van der Waals surface area contributed by atoms with Crippen molar-refractivity contribution in [1.82, 2.24) is 0 Å². The average Bonchev–Trinajstić information content (AvgIpc) is 3.03. The molecular formula is C41H74N2. The fourth-order valence-corrected chi connectivity index (χ4v) is 6.54. The monoisotopic (exact) mass is 595 g/mol. The van der Waals surface area contributed by atoms with E-state index in [1.807, 2.05) is 12.1 Å². The number of hydrogen-bond donors (Lipinski definition) is 0. The number of unbranched alkanes of at least 4 members (excludes halogenated alkanes) is 28. The number of rotatable bonds is 33. The molecule has 1 aromatic rings. The van der Waals surface area contributed by atoms with Gasteiger partial charge in [0.05, 0.1) is 11.3 Å². The van der Waals surface area contributed by atoms with Gasteiger partial charge in [0.25, 0.3) is 0 Å². The third-order valence-electron chi connectivity index (χ3n) is 9.43. The van der Waals surface area contributed by atoms with E-state index in [0.717, 1.165) is 24.3 Å². The summed E-state index contributed by atoms with van der Waals surface area (Å²) in [6, 6.07) is 10.7. The zero-order valence-electron chi connectivity index (χ0n) is 29.3. The standard InChI is InChI=1S/C41H74N2/c1-3-5-7-9-11-13-15-17-19-21-23-25-27-29-33-37-43(41-36-32-31-35-40(41)39-42)38-34-30-28-26-24-22-20-18-16-14-12-10-8-6-4-2/h31-32,35-36H,3-30,33-34,37-38H2,1-2H3. The maximum Gasteiger partial charge on any atom is 0.101 e. The van der Waals surface area contributed by atoms with Crippen molar-refractivity contribution in [2.45, 2.75) is 206 Å². The van der Waals surface area contributed by atoms with Crippen molar-refractivity contribution >= 4 is 5.69 Å². The van der Waals surface area contributed by atoms with E-state index in [2.05, 4.69) is 36.9 Å². The second-order valence-electron chi connectivity index (χ2n) is 13.5. The van der Waals surface area contributed by atoms with Crippen LogP contribution in [0.2, 0.25) is 0 Å². The highest BCUT2D eigenvalue weighted by atomic mass is 15.1. The van der Waals surface area contributed by atoms with E-state index in [9.17, 15) is 5.26 Å². The van der Waals surface area contributed by atoms with Gasteiger partial charge >= 0.3 is 0 Å². The SMILES string of the molecule is CCCCCCCCCCCCCCCCCN(CCCCCCCCCCCCCCCCC)c1ccccc1C#N. The summed E-state index contributed by atoms with van der Waals surface area (Å²) in [6.07, 6.45) is 42.2. The molecule has 2 nitrogen and oxygen atoms in total. The zero-order valence-corrected chi connectivity index (χ0v) is 29.3. The van der Waals surface area contributed by atoms with Crippen molar-refractivity contribution in [2.75, 3.05) is 18.0 Å². The molecule has 0 aromatic heterocycles. The predicted octanol–water partition coefficient (Wildman–Crippen LogP) is 14.1. The maximum absolute atomic E-state index is 9.70. The molecule has 0 bridgehead atoms. The molecule has 0 aliphatic carbocycles. The summed E-state index contributed by atoms with van der Waals surface area (Å²) in [5.74, 6) is 0. The van der Waals surface area contributed by atoms with Crippen molar-refractivity contribution in [3.8, 4) is 6.07 Å². The fourth-order valence-electron chi connectivity index (χ4n) is 6.54. The Morgan fingerprint density at radius 1 is 0.419 bits per heavy atom. The van der Waals surface area contributed by atoms with Gasteiger partial charge in [-0.1, -0.05) is 206 Å². The van der Waals surface area contributed by atoms with Crippen molar-refractivity contribution in [2.24, 2.45) is 0 Å². The number of nitriles is 1. The summed E-state index contributed by atoms with van der Waals surface area (Å²) >= 11 is 0. The molecule has 0 heterocycles. The van der Waals surface area contributed by atoms with Gasteiger partial charge in [-0.3, -0.25) is 0 Å². The van der Waals surface area contributed by atoms with Gasteiger partial charge < -0.3 is 4.90 Å². The third kappa shape index (κ3) is 24.5. The van der Waals surface area contributed by atoms with Gasteiger partial charge in [-0.2, -0.15) is 5.26 Å². The fraction of sp³-hybridized carbons (Fsp3) is 0.829. The lowest BCUT2D eigenvalue weighted by Gasteiger charge is -2.26. The van der Waals surface area contributed by atoms with Crippen LogP contribution in [0, 0.1) is 11.3 Å². The number of hydrogen-bond acceptors (Lipinski definition) is 2. The van der Waals surface area contributed by atoms with Gasteiger partial charge in [-0.15, -0.1) is 0 Å². The first-order valence-corrected chi connectivity index (χ1v) is 19.6. The van der Waals surface area contributed by atoms with Crippen LogP contribution >= 0.6 is 0 Å². The Labute approximate surface area is 270 Å². The van der Waals surface area contributed by atoms with Crippen molar-refractivity contribution in [3.63, 3.8) is 0 Å². The van der Waals surface area contributed by atoms with E-state index in [4.69, 9.17) is 0 Å². The van der Waals surface area contributed by atoms with Gasteiger partial charge in [0, 0.05) is 13.1 Å². The van der Waals surface area contributed by atoms with Crippen LogP contribution in [-0.4, -0.2) is 13.1 Å².